The fourth-order valence-corrected chi connectivity index (χ4v) is 16.2. The fourth-order valence-electron chi connectivity index (χ4n) is 16.2. The Bertz CT molecular complexity index is 2090. The summed E-state index contributed by atoms with van der Waals surface area (Å²) in [5.41, 5.74) is 5.66. The van der Waals surface area contributed by atoms with Crippen LogP contribution in [0.4, 0.5) is 8.78 Å². The van der Waals surface area contributed by atoms with Crippen LogP contribution in [0.3, 0.4) is 0 Å². The van der Waals surface area contributed by atoms with Crippen LogP contribution in [-0.4, -0.2) is 34.0 Å². The Kier molecular flexibility index (Phi) is 12.0. The second-order valence-electron chi connectivity index (χ2n) is 22.5. The molecule has 0 bridgehead atoms. The molecule has 0 unspecified atom stereocenters. The van der Waals surface area contributed by atoms with Gasteiger partial charge < -0.3 is 10.2 Å². The van der Waals surface area contributed by atoms with Crippen LogP contribution in [0.25, 0.3) is 6.08 Å². The lowest BCUT2D eigenvalue weighted by Crippen LogP contribution is -2.51. The Morgan fingerprint density at radius 3 is 1.63 bits per heavy atom. The maximum Gasteiger partial charge on any atom is 0.159 e. The number of halogens is 2. The van der Waals surface area contributed by atoms with Gasteiger partial charge in [-0.05, 0) is 208 Å². The van der Waals surface area contributed by atoms with E-state index in [1.54, 1.807) is 30.3 Å². The molecule has 0 aliphatic heterocycles. The number of aliphatic hydroxyl groups is 2. The summed E-state index contributed by atoms with van der Waals surface area (Å²) in [7, 11) is 0. The first-order valence-corrected chi connectivity index (χ1v) is 24.6. The van der Waals surface area contributed by atoms with Crippen molar-refractivity contribution in [1.82, 2.24) is 0 Å². The standard InChI is InChI=1S/C28H37FO2.C28H35FO2/c2*1-27-15-13-21(30)17-19(27)6-9-22-23-10-11-25(28(23,2)16-14-24(22)27)26(31)12-5-18-3-7-20(29)8-4-18/h3-4,6-8,21-25,30H,5,9-17H2,1-2H3;3-8,12,21-25,30H,9-11,13-17H2,1-2H3/b;12-5+/t2*21-,22-,23-,24-,25+,27-,28-/m00/s1. The fraction of sp³-hybridized carbons (Fsp3) is 0.643. The number of benzene rings is 2. The molecule has 0 radical (unpaired) electrons. The average Bonchev–Trinajstić information content (AvgIpc) is 3.81. The summed E-state index contributed by atoms with van der Waals surface area (Å²) in [4.78, 5) is 26.6. The number of hydrogen-bond donors (Lipinski definition) is 2. The van der Waals surface area contributed by atoms with Crippen LogP contribution in [0, 0.1) is 80.6 Å². The van der Waals surface area contributed by atoms with Crippen LogP contribution >= 0.6 is 0 Å². The van der Waals surface area contributed by atoms with Gasteiger partial charge in [0.2, 0.25) is 0 Å². The first-order chi connectivity index (χ1) is 29.6. The highest BCUT2D eigenvalue weighted by Crippen LogP contribution is 2.68. The van der Waals surface area contributed by atoms with Gasteiger partial charge in [-0.25, -0.2) is 8.78 Å². The summed E-state index contributed by atoms with van der Waals surface area (Å²) in [6, 6.07) is 12.9. The molecule has 4 nitrogen and oxygen atoms in total. The number of hydrogen-bond acceptors (Lipinski definition) is 4. The molecule has 2 aromatic carbocycles. The van der Waals surface area contributed by atoms with E-state index in [2.05, 4.69) is 39.8 Å². The van der Waals surface area contributed by atoms with Gasteiger partial charge in [0.25, 0.3) is 0 Å². The topological polar surface area (TPSA) is 74.6 Å². The Morgan fingerprint density at radius 1 is 0.613 bits per heavy atom. The van der Waals surface area contributed by atoms with E-state index >= 15 is 0 Å². The molecular formula is C56H72F2O4. The predicted molar refractivity (Wildman–Crippen MR) is 243 cm³/mol. The maximum atomic E-state index is 13.3. The average molecular weight is 847 g/mol. The number of carbonyl (C=O) groups is 2. The number of aliphatic hydroxyl groups excluding tert-OH is 2. The van der Waals surface area contributed by atoms with E-state index in [0.717, 1.165) is 101 Å². The van der Waals surface area contributed by atoms with Crippen molar-refractivity contribution in [3.05, 3.63) is 101 Å². The molecule has 6 saturated carbocycles. The lowest BCUT2D eigenvalue weighted by Gasteiger charge is -2.58. The largest absolute Gasteiger partial charge is 0.393 e. The van der Waals surface area contributed by atoms with Crippen molar-refractivity contribution in [2.75, 3.05) is 0 Å². The second kappa shape index (κ2) is 17.0. The third-order valence-corrected chi connectivity index (χ3v) is 19.8. The molecule has 8 aliphatic carbocycles. The third-order valence-electron chi connectivity index (χ3n) is 19.8. The molecule has 2 N–H and O–H groups in total. The zero-order valence-corrected chi connectivity index (χ0v) is 37.9. The third kappa shape index (κ3) is 7.77. The van der Waals surface area contributed by atoms with Crippen molar-refractivity contribution >= 4 is 17.6 Å². The van der Waals surface area contributed by atoms with Crippen molar-refractivity contribution in [2.45, 2.75) is 155 Å². The Labute approximate surface area is 370 Å². The smallest absolute Gasteiger partial charge is 0.159 e. The molecule has 10 rings (SSSR count). The highest BCUT2D eigenvalue weighted by atomic mass is 19.1. The van der Waals surface area contributed by atoms with E-state index in [-0.39, 0.29) is 63.1 Å². The number of ketones is 2. The predicted octanol–water partition coefficient (Wildman–Crippen LogP) is 12.6. The monoisotopic (exact) mass is 847 g/mol. The lowest BCUT2D eigenvalue weighted by atomic mass is 9.47. The number of allylic oxidation sites excluding steroid dienone is 3. The normalized spacial score (nSPS) is 41.8. The van der Waals surface area contributed by atoms with E-state index in [9.17, 15) is 28.6 Å². The van der Waals surface area contributed by atoms with Crippen molar-refractivity contribution in [3.8, 4) is 0 Å². The van der Waals surface area contributed by atoms with Gasteiger partial charge >= 0.3 is 0 Å². The molecule has 334 valence electrons. The molecule has 0 aromatic heterocycles. The van der Waals surface area contributed by atoms with Gasteiger partial charge in [0.15, 0.2) is 5.78 Å². The summed E-state index contributed by atoms with van der Waals surface area (Å²) in [5, 5.41) is 20.4. The van der Waals surface area contributed by atoms with Crippen molar-refractivity contribution in [1.29, 1.82) is 0 Å². The molecule has 8 aliphatic rings. The quantitative estimate of drug-likeness (QED) is 0.215. The van der Waals surface area contributed by atoms with Gasteiger partial charge in [0.05, 0.1) is 12.2 Å². The SMILES string of the molecule is C[C@]12CC[C@H]3[C@@H](CC=C4C[C@@H](O)CC[C@@]43C)[C@@H]1CC[C@@H]2C(=O)/C=C/c1ccc(F)cc1.C[C@]12CC[C@H]3[C@@H](CC=C4C[C@@H](O)CC[C@@]43C)[C@@H]1CC[C@@H]2C(=O)CCc1ccc(F)cc1. The van der Waals surface area contributed by atoms with Crippen LogP contribution in [0.15, 0.2) is 77.9 Å². The van der Waals surface area contributed by atoms with Crippen molar-refractivity contribution in [2.24, 2.45) is 69.0 Å². The minimum absolute atomic E-state index is 0.0846. The van der Waals surface area contributed by atoms with Gasteiger partial charge in [-0.15, -0.1) is 0 Å². The van der Waals surface area contributed by atoms with Crippen LogP contribution in [0.2, 0.25) is 0 Å². The van der Waals surface area contributed by atoms with Crippen LogP contribution in [0.1, 0.15) is 148 Å². The van der Waals surface area contributed by atoms with E-state index < -0.39 is 0 Å². The molecule has 6 fully saturated rings. The lowest BCUT2D eigenvalue weighted by molar-refractivity contribution is -0.129. The maximum absolute atomic E-state index is 13.3. The molecule has 0 heterocycles. The second-order valence-corrected chi connectivity index (χ2v) is 22.5. The van der Waals surface area contributed by atoms with E-state index in [1.807, 2.05) is 6.08 Å². The number of fused-ring (bicyclic) bond motifs is 10. The number of aryl methyl sites for hydroxylation is 1. The Morgan fingerprint density at radius 2 is 1.10 bits per heavy atom. The first-order valence-electron chi connectivity index (χ1n) is 24.6. The number of Topliss-reactive ketones (excluding diaryl/α,β-unsaturated/α-hetero) is 1. The molecule has 14 atom stereocenters. The van der Waals surface area contributed by atoms with E-state index in [1.165, 1.54) is 54.7 Å². The summed E-state index contributed by atoms with van der Waals surface area (Å²) in [5.74, 6) is 4.51. The minimum Gasteiger partial charge on any atom is -0.393 e. The molecule has 0 amide bonds. The van der Waals surface area contributed by atoms with Gasteiger partial charge in [-0.2, -0.15) is 0 Å². The Hall–Kier alpha value is -3.22. The van der Waals surface area contributed by atoms with Crippen molar-refractivity contribution in [3.63, 3.8) is 0 Å². The zero-order chi connectivity index (χ0) is 43.6. The van der Waals surface area contributed by atoms with Gasteiger partial charge in [0, 0.05) is 18.3 Å². The van der Waals surface area contributed by atoms with E-state index in [4.69, 9.17) is 0 Å². The van der Waals surface area contributed by atoms with Crippen molar-refractivity contribution < 1.29 is 28.6 Å². The zero-order valence-electron chi connectivity index (χ0n) is 37.9. The molecular weight excluding hydrogens is 775 g/mol. The Balaban J connectivity index is 0.000000158. The van der Waals surface area contributed by atoms with Crippen LogP contribution < -0.4 is 0 Å². The molecule has 6 heteroatoms. The molecule has 2 aromatic rings. The van der Waals surface area contributed by atoms with Crippen LogP contribution in [-0.2, 0) is 16.0 Å². The minimum atomic E-state index is -0.253. The first kappa shape index (κ1) is 44.0. The van der Waals surface area contributed by atoms with Gasteiger partial charge in [-0.1, -0.05) is 81.3 Å². The molecule has 62 heavy (non-hydrogen) atoms. The highest BCUT2D eigenvalue weighted by Gasteiger charge is 2.61. The summed E-state index contributed by atoms with van der Waals surface area (Å²) in [6.07, 6.45) is 26.6. The number of rotatable bonds is 7. The van der Waals surface area contributed by atoms with Gasteiger partial charge in [-0.3, -0.25) is 9.59 Å². The van der Waals surface area contributed by atoms with Gasteiger partial charge in [0.1, 0.15) is 17.4 Å². The van der Waals surface area contributed by atoms with E-state index in [0.29, 0.717) is 47.7 Å². The summed E-state index contributed by atoms with van der Waals surface area (Å²) >= 11 is 0. The van der Waals surface area contributed by atoms with Crippen LogP contribution in [0.5, 0.6) is 0 Å². The molecule has 0 spiro atoms. The summed E-state index contributed by atoms with van der Waals surface area (Å²) < 4.78 is 26.3. The molecule has 0 saturated heterocycles. The summed E-state index contributed by atoms with van der Waals surface area (Å²) in [6.45, 7) is 9.70. The number of carbonyl (C=O) groups excluding carboxylic acids is 2. The highest BCUT2D eigenvalue weighted by molar-refractivity contribution is 5.96.